The average molecular weight is 473 g/mol. The summed E-state index contributed by atoms with van der Waals surface area (Å²) in [6.07, 6.45) is 5.30. The zero-order valence-electron chi connectivity index (χ0n) is 15.4. The van der Waals surface area contributed by atoms with Crippen molar-refractivity contribution in [2.75, 3.05) is 28.6 Å². The Morgan fingerprint density at radius 3 is 2.12 bits per heavy atom. The van der Waals surface area contributed by atoms with E-state index in [9.17, 15) is 4.79 Å². The molecule has 0 N–H and O–H groups in total. The fourth-order valence-electron chi connectivity index (χ4n) is 2.20. The molecule has 0 unspecified atom stereocenters. The number of anilines is 1. The van der Waals surface area contributed by atoms with Gasteiger partial charge in [0.25, 0.3) is 0 Å². The summed E-state index contributed by atoms with van der Waals surface area (Å²) in [5, 5.41) is 1.88. The summed E-state index contributed by atoms with van der Waals surface area (Å²) < 4.78 is 5.26. The van der Waals surface area contributed by atoms with Crippen LogP contribution in [0.5, 0.6) is 0 Å². The Hall–Kier alpha value is -1.07. The smallest absolute Gasteiger partial charge is 0.331 e. The minimum Gasteiger partial charge on any atom is -0.457 e. The largest absolute Gasteiger partial charge is 0.457 e. The van der Waals surface area contributed by atoms with Crippen LogP contribution in [0.1, 0.15) is 33.3 Å². The summed E-state index contributed by atoms with van der Waals surface area (Å²) in [5.74, 6) is -0.323. The Kier molecular flexibility index (Phi) is 9.51. The SMILES string of the molecule is CC(/C=C/C(=O)OC(C)(C)C)=C\c1ccc(N(CCBr)CCBr)cc1. The summed E-state index contributed by atoms with van der Waals surface area (Å²) in [7, 11) is 0. The molecule has 1 rings (SSSR count). The van der Waals surface area contributed by atoms with Gasteiger partial charge in [0.05, 0.1) is 0 Å². The summed E-state index contributed by atoms with van der Waals surface area (Å²) in [4.78, 5) is 14.0. The molecule has 0 heterocycles. The van der Waals surface area contributed by atoms with Gasteiger partial charge in [0.15, 0.2) is 0 Å². The molecule has 0 aromatic heterocycles. The number of halogens is 2. The predicted molar refractivity (Wildman–Crippen MR) is 115 cm³/mol. The number of alkyl halides is 2. The van der Waals surface area contributed by atoms with Crippen molar-refractivity contribution in [2.45, 2.75) is 33.3 Å². The number of hydrogen-bond donors (Lipinski definition) is 0. The van der Waals surface area contributed by atoms with E-state index in [1.807, 2.05) is 33.8 Å². The van der Waals surface area contributed by atoms with Crippen LogP contribution >= 0.6 is 31.9 Å². The quantitative estimate of drug-likeness (QED) is 0.214. The second-order valence-electron chi connectivity index (χ2n) is 6.71. The summed E-state index contributed by atoms with van der Waals surface area (Å²) in [6.45, 7) is 9.49. The van der Waals surface area contributed by atoms with Gasteiger partial charge in [0.1, 0.15) is 5.60 Å². The van der Waals surface area contributed by atoms with Crippen molar-refractivity contribution in [2.24, 2.45) is 0 Å². The second kappa shape index (κ2) is 10.8. The average Bonchev–Trinajstić information content (AvgIpc) is 2.52. The number of benzene rings is 1. The molecule has 5 heteroatoms. The minimum absolute atomic E-state index is 0.323. The van der Waals surface area contributed by atoms with Crippen molar-refractivity contribution in [3.8, 4) is 0 Å². The van der Waals surface area contributed by atoms with Crippen molar-refractivity contribution < 1.29 is 9.53 Å². The van der Waals surface area contributed by atoms with Gasteiger partial charge in [-0.05, 0) is 45.4 Å². The van der Waals surface area contributed by atoms with Crippen LogP contribution in [0, 0.1) is 0 Å². The molecule has 0 aliphatic rings. The molecular weight excluding hydrogens is 446 g/mol. The van der Waals surface area contributed by atoms with Crippen LogP contribution in [0.2, 0.25) is 0 Å². The first-order valence-corrected chi connectivity index (χ1v) is 10.6. The molecule has 25 heavy (non-hydrogen) atoms. The lowest BCUT2D eigenvalue weighted by Crippen LogP contribution is -2.27. The van der Waals surface area contributed by atoms with Gasteiger partial charge in [0.2, 0.25) is 0 Å². The van der Waals surface area contributed by atoms with Crippen molar-refractivity contribution >= 4 is 49.6 Å². The highest BCUT2D eigenvalue weighted by molar-refractivity contribution is 9.09. The van der Waals surface area contributed by atoms with Gasteiger partial charge in [-0.25, -0.2) is 4.79 Å². The van der Waals surface area contributed by atoms with Crippen molar-refractivity contribution in [3.63, 3.8) is 0 Å². The lowest BCUT2D eigenvalue weighted by atomic mass is 10.1. The highest BCUT2D eigenvalue weighted by atomic mass is 79.9. The molecule has 138 valence electrons. The molecule has 3 nitrogen and oxygen atoms in total. The summed E-state index contributed by atoms with van der Waals surface area (Å²) in [5.41, 5.74) is 2.84. The molecule has 0 aliphatic heterocycles. The van der Waals surface area contributed by atoms with Gasteiger partial charge in [-0.3, -0.25) is 0 Å². The minimum atomic E-state index is -0.467. The lowest BCUT2D eigenvalue weighted by molar-refractivity contribution is -0.148. The van der Waals surface area contributed by atoms with Crippen LogP contribution in [0.25, 0.3) is 6.08 Å². The van der Waals surface area contributed by atoms with Crippen molar-refractivity contribution in [1.82, 2.24) is 0 Å². The van der Waals surface area contributed by atoms with E-state index < -0.39 is 5.60 Å². The van der Waals surface area contributed by atoms with Gasteiger partial charge >= 0.3 is 5.97 Å². The van der Waals surface area contributed by atoms with E-state index in [1.165, 1.54) is 11.8 Å². The Bertz CT molecular complexity index is 595. The molecule has 1 aromatic carbocycles. The maximum absolute atomic E-state index is 11.7. The molecule has 0 fully saturated rings. The Balaban J connectivity index is 2.75. The maximum atomic E-state index is 11.7. The van der Waals surface area contributed by atoms with E-state index in [0.717, 1.165) is 34.9 Å². The van der Waals surface area contributed by atoms with Crippen LogP contribution in [0.15, 0.2) is 42.0 Å². The zero-order chi connectivity index (χ0) is 18.9. The maximum Gasteiger partial charge on any atom is 0.331 e. The number of esters is 1. The summed E-state index contributed by atoms with van der Waals surface area (Å²) >= 11 is 7.00. The van der Waals surface area contributed by atoms with Gasteiger partial charge in [0, 0.05) is 35.5 Å². The first-order chi connectivity index (χ1) is 11.7. The number of nitrogens with zero attached hydrogens (tertiary/aromatic N) is 1. The van der Waals surface area contributed by atoms with E-state index >= 15 is 0 Å². The third-order valence-corrected chi connectivity index (χ3v) is 3.96. The van der Waals surface area contributed by atoms with E-state index in [0.29, 0.717) is 0 Å². The van der Waals surface area contributed by atoms with Gasteiger partial charge in [-0.2, -0.15) is 0 Å². The van der Waals surface area contributed by atoms with Crippen molar-refractivity contribution in [3.05, 3.63) is 47.6 Å². The first-order valence-electron chi connectivity index (χ1n) is 8.31. The Labute approximate surface area is 168 Å². The van der Waals surface area contributed by atoms with E-state index in [4.69, 9.17) is 4.74 Å². The monoisotopic (exact) mass is 471 g/mol. The van der Waals surface area contributed by atoms with Crippen LogP contribution in [-0.4, -0.2) is 35.3 Å². The number of allylic oxidation sites excluding steroid dienone is 2. The molecule has 1 aromatic rings. The molecule has 0 bridgehead atoms. The molecule has 0 saturated carbocycles. The number of ether oxygens (including phenoxy) is 1. The molecule has 0 aliphatic carbocycles. The topological polar surface area (TPSA) is 29.5 Å². The Morgan fingerprint density at radius 2 is 1.64 bits per heavy atom. The molecule has 0 atom stereocenters. The van der Waals surface area contributed by atoms with Gasteiger partial charge in [-0.15, -0.1) is 0 Å². The van der Waals surface area contributed by atoms with Crippen LogP contribution < -0.4 is 4.90 Å². The van der Waals surface area contributed by atoms with Crippen LogP contribution in [-0.2, 0) is 9.53 Å². The fraction of sp³-hybridized carbons (Fsp3) is 0.450. The highest BCUT2D eigenvalue weighted by Gasteiger charge is 2.13. The Morgan fingerprint density at radius 1 is 1.08 bits per heavy atom. The van der Waals surface area contributed by atoms with Gasteiger partial charge in [-0.1, -0.05) is 61.7 Å². The standard InChI is InChI=1S/C20H27Br2NO2/c1-16(5-10-19(24)25-20(2,3)4)15-17-6-8-18(9-7-17)23(13-11-21)14-12-22/h5-10,15H,11-14H2,1-4H3/b10-5+,16-15+. The van der Waals surface area contributed by atoms with Crippen LogP contribution in [0.3, 0.4) is 0 Å². The first kappa shape index (κ1) is 22.0. The van der Waals surface area contributed by atoms with Crippen molar-refractivity contribution in [1.29, 1.82) is 0 Å². The molecule has 0 saturated heterocycles. The summed E-state index contributed by atoms with van der Waals surface area (Å²) in [6, 6.07) is 8.44. The zero-order valence-corrected chi connectivity index (χ0v) is 18.6. The number of carbonyl (C=O) groups excluding carboxylic acids is 1. The normalized spacial score (nSPS) is 12.5. The van der Waals surface area contributed by atoms with Crippen LogP contribution in [0.4, 0.5) is 5.69 Å². The fourth-order valence-corrected chi connectivity index (χ4v) is 3.06. The number of rotatable bonds is 8. The molecule has 0 spiro atoms. The predicted octanol–water partition coefficient (Wildman–Crippen LogP) is 5.58. The lowest BCUT2D eigenvalue weighted by Gasteiger charge is -2.23. The van der Waals surface area contributed by atoms with E-state index in [1.54, 1.807) is 6.08 Å². The molecule has 0 amide bonds. The second-order valence-corrected chi connectivity index (χ2v) is 8.30. The number of carbonyl (C=O) groups is 1. The molecular formula is C20H27Br2NO2. The third-order valence-electron chi connectivity index (χ3n) is 3.25. The molecule has 0 radical (unpaired) electrons. The van der Waals surface area contributed by atoms with E-state index in [-0.39, 0.29) is 5.97 Å². The van der Waals surface area contributed by atoms with Gasteiger partial charge < -0.3 is 9.64 Å². The third kappa shape index (κ3) is 9.26. The highest BCUT2D eigenvalue weighted by Crippen LogP contribution is 2.18. The number of hydrogen-bond acceptors (Lipinski definition) is 3. The van der Waals surface area contributed by atoms with E-state index in [2.05, 4.69) is 61.0 Å².